The zero-order valence-corrected chi connectivity index (χ0v) is 73.8. The number of hydrogen-bond donors (Lipinski definition) is 7. The van der Waals surface area contributed by atoms with Crippen molar-refractivity contribution in [2.45, 2.75) is 191 Å². The molecule has 3 aliphatic carbocycles. The summed E-state index contributed by atoms with van der Waals surface area (Å²) in [6.45, 7) is 19.1. The van der Waals surface area contributed by atoms with Crippen LogP contribution in [0.25, 0.3) is 44.2 Å². The predicted octanol–water partition coefficient (Wildman–Crippen LogP) is 19.9. The first kappa shape index (κ1) is 94.8. The van der Waals surface area contributed by atoms with Crippen molar-refractivity contribution in [1.29, 1.82) is 0 Å². The summed E-state index contributed by atoms with van der Waals surface area (Å²) in [7, 11) is 4.62. The quantitative estimate of drug-likeness (QED) is 0.00468. The summed E-state index contributed by atoms with van der Waals surface area (Å²) in [5.41, 5.74) is 16.7. The summed E-state index contributed by atoms with van der Waals surface area (Å²) >= 11 is 24.1. The molecule has 122 heavy (non-hydrogen) atoms. The SMILES string of the molecule is COc1cc(C(=O)CCC(C)(O)c2cc(C(C)(C)NCCCl)cc(-c3ccc(F)c(Cl)c3)n2)ccc1OC1CC1.COc1cc(C(=O)CCC(C)(O)c2cc(C(C)(C)NCCN)cc(-c3ccc(F)c(Cl)c3)n2)ccc1OC1CC1.COc1cc(C(=O)CCC(C)(O)c2cc(C(C)(C)NCCN=[N+]=[N-])cc(-c3ccc(F)c(Cl)c3)n2)ccc1OC1CC1. The van der Waals surface area contributed by atoms with Gasteiger partial charge in [-0.05, 0) is 288 Å². The highest BCUT2D eigenvalue weighted by atomic mass is 35.5. The van der Waals surface area contributed by atoms with Crippen LogP contribution in [-0.2, 0) is 33.4 Å². The molecular formula is C93H107Cl4F3N10O12. The van der Waals surface area contributed by atoms with Gasteiger partial charge in [0, 0.05) is 113 Å². The lowest BCUT2D eigenvalue weighted by molar-refractivity contribution is 0.0395. The molecule has 0 amide bonds. The normalized spacial score (nSPS) is 14.8. The lowest BCUT2D eigenvalue weighted by Crippen LogP contribution is -2.40. The lowest BCUT2D eigenvalue weighted by Gasteiger charge is -2.30. The van der Waals surface area contributed by atoms with Crippen molar-refractivity contribution in [3.05, 3.63) is 239 Å². The molecule has 3 unspecified atom stereocenters. The van der Waals surface area contributed by atoms with Crippen molar-refractivity contribution in [3.8, 4) is 68.3 Å². The van der Waals surface area contributed by atoms with E-state index in [1.807, 2.05) is 71.9 Å². The minimum Gasteiger partial charge on any atom is -0.493 e. The fraction of sp³-hybridized carbons (Fsp3) is 0.419. The Balaban J connectivity index is 0.000000192. The minimum absolute atomic E-state index is 0.0203. The number of nitrogens with zero attached hydrogens (tertiary/aromatic N) is 6. The molecule has 22 nitrogen and oxygen atoms in total. The van der Waals surface area contributed by atoms with E-state index in [-0.39, 0.29) is 95.8 Å². The molecule has 12 rings (SSSR count). The number of aromatic nitrogens is 3. The molecule has 0 spiro atoms. The average molecular weight is 1760 g/mol. The molecule has 9 aromatic rings. The fourth-order valence-electron chi connectivity index (χ4n) is 13.2. The molecule has 3 aliphatic rings. The highest BCUT2D eigenvalue weighted by molar-refractivity contribution is 6.31. The number of rotatable bonds is 40. The third-order valence-corrected chi connectivity index (χ3v) is 22.6. The molecule has 6 aromatic carbocycles. The van der Waals surface area contributed by atoms with E-state index in [9.17, 15) is 42.9 Å². The Labute approximate surface area is 730 Å². The Kier molecular flexibility index (Phi) is 32.1. The van der Waals surface area contributed by atoms with Crippen molar-refractivity contribution in [1.82, 2.24) is 30.9 Å². The van der Waals surface area contributed by atoms with Crippen LogP contribution >= 0.6 is 46.4 Å². The monoisotopic (exact) mass is 1750 g/mol. The van der Waals surface area contributed by atoms with Crippen LogP contribution in [0.1, 0.15) is 204 Å². The number of ketones is 3. The van der Waals surface area contributed by atoms with Crippen molar-refractivity contribution in [2.75, 3.05) is 59.9 Å². The van der Waals surface area contributed by atoms with Crippen LogP contribution in [0.3, 0.4) is 0 Å². The number of methoxy groups -OCH3 is 3. The smallest absolute Gasteiger partial charge is 0.163 e. The topological polar surface area (TPSA) is 317 Å². The van der Waals surface area contributed by atoms with Crippen molar-refractivity contribution in [3.63, 3.8) is 0 Å². The Morgan fingerprint density at radius 2 is 0.746 bits per heavy atom. The van der Waals surface area contributed by atoms with Crippen LogP contribution in [0.2, 0.25) is 15.1 Å². The second kappa shape index (κ2) is 41.4. The van der Waals surface area contributed by atoms with Gasteiger partial charge in [0.05, 0.1) is 88.9 Å². The molecule has 650 valence electrons. The molecule has 3 fully saturated rings. The van der Waals surface area contributed by atoms with Gasteiger partial charge in [0.1, 0.15) is 34.3 Å². The predicted molar refractivity (Wildman–Crippen MR) is 470 cm³/mol. The second-order valence-corrected chi connectivity index (χ2v) is 34.6. The van der Waals surface area contributed by atoms with E-state index in [1.165, 1.54) is 43.5 Å². The van der Waals surface area contributed by atoms with Gasteiger partial charge in [-0.1, -0.05) is 39.9 Å². The number of azide groups is 1. The van der Waals surface area contributed by atoms with Gasteiger partial charge in [0.2, 0.25) is 0 Å². The lowest BCUT2D eigenvalue weighted by atomic mass is 9.87. The number of carbonyl (C=O) groups is 3. The molecule has 8 N–H and O–H groups in total. The highest BCUT2D eigenvalue weighted by Crippen LogP contribution is 2.42. The average Bonchev–Trinajstić information content (AvgIpc) is 1.75. The number of carbonyl (C=O) groups excluding carboxylic acids is 3. The number of halogens is 7. The summed E-state index contributed by atoms with van der Waals surface area (Å²) in [5, 5.41) is 48.4. The standard InChI is InChI=1S/C31H35Cl2FN2O4.C31H35ClFN5O4.C31H37ClFN3O4/c1-30(2,35-14-13-32)21-17-25(19-5-9-24(34)23(33)15-19)36-29(18-21)31(3,38)12-11-26(37)20-6-10-27(28(16-20)39-4)40-22-7-8-22;1-30(2,35-13-14-36-38-34)21-17-25(19-5-9-24(33)23(32)15-19)37-29(18-21)31(3,40)12-11-26(39)20-6-10-27(28(16-20)41-4)42-22-7-8-22;1-30(2,35-14-13-34)21-17-25(19-5-9-24(33)23(32)15-19)36-29(18-21)31(3,38)12-11-26(37)20-6-10-27(28(16-20)39-4)40-22-7-8-22/h5-6,9-10,15-18,22,35,38H,7-8,11-14H2,1-4H3;5-6,9-10,15-18,22,35,40H,7-8,11-14H2,1-4H3;5-6,9-10,15-18,22,35,38H,7-8,11-14,34H2,1-4H3. The number of aliphatic hydroxyl groups is 3. The van der Waals surface area contributed by atoms with Crippen LogP contribution in [0.15, 0.2) is 151 Å². The summed E-state index contributed by atoms with van der Waals surface area (Å²) in [5.74, 6) is 1.75. The van der Waals surface area contributed by atoms with Crippen LogP contribution in [-0.4, -0.2) is 126 Å². The van der Waals surface area contributed by atoms with Crippen LogP contribution in [0.4, 0.5) is 13.2 Å². The Morgan fingerprint density at radius 3 is 1.01 bits per heavy atom. The molecule has 0 aliphatic heterocycles. The van der Waals surface area contributed by atoms with Gasteiger partial charge in [0.15, 0.2) is 51.8 Å². The van der Waals surface area contributed by atoms with Gasteiger partial charge >= 0.3 is 0 Å². The molecule has 3 saturated carbocycles. The first-order valence-electron chi connectivity index (χ1n) is 40.6. The van der Waals surface area contributed by atoms with E-state index in [0.717, 1.165) is 55.2 Å². The molecule has 0 saturated heterocycles. The number of hydrogen-bond acceptors (Lipinski definition) is 20. The number of Topliss-reactive ketones (excluding diaryl/α,β-unsaturated/α-hetero) is 3. The largest absolute Gasteiger partial charge is 0.493 e. The van der Waals surface area contributed by atoms with Gasteiger partial charge in [-0.25, -0.2) is 28.1 Å². The Hall–Kier alpha value is -9.44. The van der Waals surface area contributed by atoms with Crippen LogP contribution < -0.4 is 50.1 Å². The first-order chi connectivity index (χ1) is 57.8. The molecule has 0 radical (unpaired) electrons. The molecule has 3 heterocycles. The maximum absolute atomic E-state index is 13.9. The highest BCUT2D eigenvalue weighted by Gasteiger charge is 2.36. The zero-order chi connectivity index (χ0) is 88.7. The fourth-order valence-corrected chi connectivity index (χ4v) is 13.9. The van der Waals surface area contributed by atoms with E-state index in [4.69, 9.17) is 101 Å². The van der Waals surface area contributed by atoms with Gasteiger partial charge < -0.3 is 65.4 Å². The van der Waals surface area contributed by atoms with Gasteiger partial charge in [-0.2, -0.15) is 0 Å². The van der Waals surface area contributed by atoms with Crippen LogP contribution in [0, 0.1) is 17.5 Å². The molecule has 29 heteroatoms. The minimum atomic E-state index is -1.48. The van der Waals surface area contributed by atoms with E-state index in [2.05, 4.69) is 26.0 Å². The third-order valence-electron chi connectivity index (χ3n) is 21.6. The van der Waals surface area contributed by atoms with Gasteiger partial charge in [-0.3, -0.25) is 14.4 Å². The number of nitrogens with one attached hydrogen (secondary N) is 3. The van der Waals surface area contributed by atoms with E-state index in [1.54, 1.807) is 114 Å². The summed E-state index contributed by atoms with van der Waals surface area (Å²) < 4.78 is 75.5. The molecule has 0 bridgehead atoms. The maximum Gasteiger partial charge on any atom is 0.163 e. The number of alkyl halides is 1. The zero-order valence-electron chi connectivity index (χ0n) is 70.7. The van der Waals surface area contributed by atoms with Crippen molar-refractivity contribution >= 4 is 63.8 Å². The number of pyridine rings is 3. The summed E-state index contributed by atoms with van der Waals surface area (Å²) in [6.07, 6.45) is 7.27. The second-order valence-electron chi connectivity index (χ2n) is 33.0. The molecule has 3 aromatic heterocycles. The Bertz CT molecular complexity index is 5060. The van der Waals surface area contributed by atoms with E-state index >= 15 is 0 Å². The van der Waals surface area contributed by atoms with Gasteiger partial charge in [-0.15, -0.1) is 11.6 Å². The molecule has 3 atom stereocenters. The molecular weight excluding hydrogens is 1650 g/mol. The summed E-state index contributed by atoms with van der Waals surface area (Å²) in [4.78, 5) is 56.4. The number of ether oxygens (including phenoxy) is 6. The van der Waals surface area contributed by atoms with Crippen molar-refractivity contribution < 1.29 is 71.3 Å². The maximum atomic E-state index is 13.9. The number of benzene rings is 6. The number of nitrogens with two attached hydrogens (primary N) is 1. The first-order valence-corrected chi connectivity index (χ1v) is 42.2. The Morgan fingerprint density at radius 1 is 0.451 bits per heavy atom. The van der Waals surface area contributed by atoms with Crippen molar-refractivity contribution in [2.24, 2.45) is 10.8 Å². The third kappa shape index (κ3) is 25.9. The van der Waals surface area contributed by atoms with Gasteiger partial charge in [0.25, 0.3) is 0 Å². The summed E-state index contributed by atoms with van der Waals surface area (Å²) in [6, 6.07) is 39.6. The van der Waals surface area contributed by atoms with E-state index in [0.29, 0.717) is 134 Å². The van der Waals surface area contributed by atoms with E-state index < -0.39 is 50.9 Å². The van der Waals surface area contributed by atoms with Crippen LogP contribution in [0.5, 0.6) is 34.5 Å².